The van der Waals surface area contributed by atoms with Crippen molar-refractivity contribution in [2.75, 3.05) is 4.72 Å². The van der Waals surface area contributed by atoms with Gasteiger partial charge in [0.1, 0.15) is 0 Å². The van der Waals surface area contributed by atoms with Crippen LogP contribution in [0.5, 0.6) is 0 Å². The Morgan fingerprint density at radius 1 is 0.935 bits per heavy atom. The first-order chi connectivity index (χ1) is 14.9. The summed E-state index contributed by atoms with van der Waals surface area (Å²) in [7, 11) is -3.83. The van der Waals surface area contributed by atoms with E-state index in [1.54, 1.807) is 54.6 Å². The Morgan fingerprint density at radius 2 is 1.68 bits per heavy atom. The van der Waals surface area contributed by atoms with Crippen LogP contribution < -0.4 is 10.0 Å². The summed E-state index contributed by atoms with van der Waals surface area (Å²) in [5.74, 6) is -0.381. The van der Waals surface area contributed by atoms with Crippen molar-refractivity contribution >= 4 is 33.2 Å². The zero-order valence-corrected chi connectivity index (χ0v) is 18.8. The third-order valence-corrected chi connectivity index (χ3v) is 6.43. The maximum atomic E-state index is 12.9. The van der Waals surface area contributed by atoms with Gasteiger partial charge in [-0.05, 0) is 60.4 Å². The molecule has 0 fully saturated rings. The third kappa shape index (κ3) is 6.32. The minimum absolute atomic E-state index is 0.155. The molecular weight excluding hydrogens is 432 g/mol. The molecule has 0 aromatic heterocycles. The highest BCUT2D eigenvalue weighted by Gasteiger charge is 2.18. The van der Waals surface area contributed by atoms with Crippen molar-refractivity contribution < 1.29 is 13.2 Å². The van der Waals surface area contributed by atoms with Crippen molar-refractivity contribution in [3.05, 3.63) is 94.5 Å². The van der Waals surface area contributed by atoms with E-state index in [4.69, 9.17) is 11.6 Å². The van der Waals surface area contributed by atoms with E-state index in [-0.39, 0.29) is 28.6 Å². The molecule has 5 nitrogen and oxygen atoms in total. The lowest BCUT2D eigenvalue weighted by atomic mass is 10.1. The number of carbonyl (C=O) groups excluding carboxylic acids is 1. The fourth-order valence-corrected chi connectivity index (χ4v) is 4.41. The summed E-state index contributed by atoms with van der Waals surface area (Å²) in [4.78, 5) is 12.9. The summed E-state index contributed by atoms with van der Waals surface area (Å²) >= 11 is 5.98. The number of benzene rings is 3. The molecule has 0 saturated heterocycles. The monoisotopic (exact) mass is 456 g/mol. The molecular formula is C24H25ClN2O3S. The average molecular weight is 457 g/mol. The number of unbranched alkanes of at least 4 members (excludes halogenated alkanes) is 1. The van der Waals surface area contributed by atoms with Crippen LogP contribution in [0.2, 0.25) is 5.02 Å². The minimum atomic E-state index is -3.83. The first kappa shape index (κ1) is 22.8. The van der Waals surface area contributed by atoms with Gasteiger partial charge < -0.3 is 5.32 Å². The summed E-state index contributed by atoms with van der Waals surface area (Å²) in [6.45, 7) is 2.39. The highest BCUT2D eigenvalue weighted by atomic mass is 35.5. The van der Waals surface area contributed by atoms with Gasteiger partial charge in [0, 0.05) is 11.6 Å². The molecule has 0 aliphatic carbocycles. The Hall–Kier alpha value is -2.83. The van der Waals surface area contributed by atoms with Crippen molar-refractivity contribution in [1.82, 2.24) is 5.32 Å². The average Bonchev–Trinajstić information content (AvgIpc) is 2.76. The van der Waals surface area contributed by atoms with Gasteiger partial charge in [-0.25, -0.2) is 8.42 Å². The van der Waals surface area contributed by atoms with Crippen molar-refractivity contribution in [2.45, 2.75) is 37.6 Å². The second kappa shape index (κ2) is 10.5. The van der Waals surface area contributed by atoms with Gasteiger partial charge in [-0.15, -0.1) is 0 Å². The SMILES string of the molecule is CCCCc1ccc(S(=O)(=O)Nc2ccccc2C(=O)NCc2cccc(Cl)c2)cc1. The van der Waals surface area contributed by atoms with Gasteiger partial charge in [0.15, 0.2) is 0 Å². The van der Waals surface area contributed by atoms with E-state index < -0.39 is 10.0 Å². The number of nitrogens with one attached hydrogen (secondary N) is 2. The van der Waals surface area contributed by atoms with Crippen LogP contribution in [0.1, 0.15) is 41.3 Å². The lowest BCUT2D eigenvalue weighted by Crippen LogP contribution is -2.25. The maximum Gasteiger partial charge on any atom is 0.261 e. The summed E-state index contributed by atoms with van der Waals surface area (Å²) in [5.41, 5.74) is 2.41. The Kier molecular flexibility index (Phi) is 7.71. The van der Waals surface area contributed by atoms with Crippen LogP contribution >= 0.6 is 11.6 Å². The van der Waals surface area contributed by atoms with E-state index in [0.717, 1.165) is 30.4 Å². The summed E-state index contributed by atoms with van der Waals surface area (Å²) in [6, 6.07) is 20.5. The second-order valence-electron chi connectivity index (χ2n) is 7.21. The van der Waals surface area contributed by atoms with Crippen LogP contribution in [-0.4, -0.2) is 14.3 Å². The predicted molar refractivity (Wildman–Crippen MR) is 125 cm³/mol. The molecule has 0 heterocycles. The minimum Gasteiger partial charge on any atom is -0.348 e. The first-order valence-electron chi connectivity index (χ1n) is 10.1. The van der Waals surface area contributed by atoms with Gasteiger partial charge in [0.25, 0.3) is 15.9 Å². The predicted octanol–water partition coefficient (Wildman–Crippen LogP) is 5.41. The topological polar surface area (TPSA) is 75.3 Å². The Morgan fingerprint density at radius 3 is 2.39 bits per heavy atom. The zero-order chi connectivity index (χ0) is 22.3. The molecule has 7 heteroatoms. The number of para-hydroxylation sites is 1. The van der Waals surface area contributed by atoms with Gasteiger partial charge in [-0.1, -0.05) is 61.3 Å². The van der Waals surface area contributed by atoms with Crippen molar-refractivity contribution in [3.63, 3.8) is 0 Å². The van der Waals surface area contributed by atoms with Gasteiger partial charge >= 0.3 is 0 Å². The zero-order valence-electron chi connectivity index (χ0n) is 17.3. The van der Waals surface area contributed by atoms with E-state index in [1.807, 2.05) is 18.2 Å². The van der Waals surface area contributed by atoms with Crippen LogP contribution in [0.25, 0.3) is 0 Å². The van der Waals surface area contributed by atoms with Crippen LogP contribution in [0.15, 0.2) is 77.7 Å². The van der Waals surface area contributed by atoms with Gasteiger partial charge in [0.05, 0.1) is 16.1 Å². The first-order valence-corrected chi connectivity index (χ1v) is 12.0. The van der Waals surface area contributed by atoms with Crippen LogP contribution in [0.3, 0.4) is 0 Å². The number of halogens is 1. The van der Waals surface area contributed by atoms with Gasteiger partial charge in [-0.2, -0.15) is 0 Å². The number of rotatable bonds is 9. The van der Waals surface area contributed by atoms with E-state index in [2.05, 4.69) is 17.0 Å². The molecule has 0 saturated carbocycles. The molecule has 0 spiro atoms. The molecule has 1 amide bonds. The second-order valence-corrected chi connectivity index (χ2v) is 9.33. The number of aryl methyl sites for hydroxylation is 1. The quantitative estimate of drug-likeness (QED) is 0.451. The van der Waals surface area contributed by atoms with Gasteiger partial charge in [0.2, 0.25) is 0 Å². The molecule has 162 valence electrons. The number of hydrogen-bond acceptors (Lipinski definition) is 3. The largest absolute Gasteiger partial charge is 0.348 e. The number of hydrogen-bond donors (Lipinski definition) is 2. The molecule has 3 aromatic rings. The molecule has 31 heavy (non-hydrogen) atoms. The molecule has 0 radical (unpaired) electrons. The van der Waals surface area contributed by atoms with Gasteiger partial charge in [-0.3, -0.25) is 9.52 Å². The van der Waals surface area contributed by atoms with E-state index in [1.165, 1.54) is 0 Å². The molecule has 0 bridgehead atoms. The molecule has 0 aliphatic rings. The van der Waals surface area contributed by atoms with Crippen molar-refractivity contribution in [2.24, 2.45) is 0 Å². The Bertz CT molecular complexity index is 1150. The van der Waals surface area contributed by atoms with Crippen LogP contribution in [-0.2, 0) is 23.0 Å². The number of sulfonamides is 1. The summed E-state index contributed by atoms with van der Waals surface area (Å²) < 4.78 is 28.3. The Balaban J connectivity index is 1.74. The standard InChI is InChI=1S/C24H25ClN2O3S/c1-2-3-7-18-12-14-21(15-13-18)31(29,30)27-23-11-5-4-10-22(23)24(28)26-17-19-8-6-9-20(25)16-19/h4-6,8-16,27H,2-3,7,17H2,1H3,(H,26,28). The van der Waals surface area contributed by atoms with Crippen molar-refractivity contribution in [1.29, 1.82) is 0 Å². The summed E-state index contributed by atoms with van der Waals surface area (Å²) in [6.07, 6.45) is 3.06. The smallest absolute Gasteiger partial charge is 0.261 e. The number of amides is 1. The molecule has 2 N–H and O–H groups in total. The highest BCUT2D eigenvalue weighted by Crippen LogP contribution is 2.21. The van der Waals surface area contributed by atoms with Crippen molar-refractivity contribution in [3.8, 4) is 0 Å². The third-order valence-electron chi connectivity index (χ3n) is 4.81. The fourth-order valence-electron chi connectivity index (χ4n) is 3.11. The lowest BCUT2D eigenvalue weighted by molar-refractivity contribution is 0.0952. The maximum absolute atomic E-state index is 12.9. The highest BCUT2D eigenvalue weighted by molar-refractivity contribution is 7.92. The van der Waals surface area contributed by atoms with E-state index >= 15 is 0 Å². The normalized spacial score (nSPS) is 11.2. The van der Waals surface area contributed by atoms with E-state index in [0.29, 0.717) is 5.02 Å². The van der Waals surface area contributed by atoms with Crippen LogP contribution in [0, 0.1) is 0 Å². The molecule has 0 aliphatic heterocycles. The number of anilines is 1. The lowest BCUT2D eigenvalue weighted by Gasteiger charge is -2.13. The molecule has 0 unspecified atom stereocenters. The molecule has 3 aromatic carbocycles. The summed E-state index contributed by atoms with van der Waals surface area (Å²) in [5, 5.41) is 3.39. The molecule has 3 rings (SSSR count). The number of carbonyl (C=O) groups is 1. The Labute approximate surface area is 188 Å². The van der Waals surface area contributed by atoms with Crippen LogP contribution in [0.4, 0.5) is 5.69 Å². The molecule has 0 atom stereocenters. The van der Waals surface area contributed by atoms with E-state index in [9.17, 15) is 13.2 Å². The fraction of sp³-hybridized carbons (Fsp3) is 0.208.